The number of amides is 1. The first-order chi connectivity index (χ1) is 9.99. The Bertz CT molecular complexity index is 397. The fourth-order valence-electron chi connectivity index (χ4n) is 4.91. The number of likely N-dealkylation sites (tertiary alicyclic amines) is 1. The maximum Gasteiger partial charge on any atom is 0.227 e. The lowest BCUT2D eigenvalue weighted by Gasteiger charge is -2.40. The molecule has 1 aliphatic heterocycles. The van der Waals surface area contributed by atoms with Gasteiger partial charge in [-0.25, -0.2) is 0 Å². The third-order valence-electron chi connectivity index (χ3n) is 6.39. The highest BCUT2D eigenvalue weighted by Crippen LogP contribution is 2.48. The van der Waals surface area contributed by atoms with E-state index in [4.69, 9.17) is 5.73 Å². The fraction of sp³-hybridized carbons (Fsp3) is 0.941. The molecule has 1 heterocycles. The van der Waals surface area contributed by atoms with Gasteiger partial charge in [0.25, 0.3) is 0 Å². The van der Waals surface area contributed by atoms with E-state index in [1.54, 1.807) is 0 Å². The van der Waals surface area contributed by atoms with Gasteiger partial charge in [0.2, 0.25) is 5.91 Å². The van der Waals surface area contributed by atoms with Crippen LogP contribution in [0.15, 0.2) is 0 Å². The van der Waals surface area contributed by atoms with Crippen molar-refractivity contribution in [2.45, 2.75) is 64.1 Å². The summed E-state index contributed by atoms with van der Waals surface area (Å²) in [5.41, 5.74) is 6.34. The van der Waals surface area contributed by atoms with Crippen LogP contribution in [-0.4, -0.2) is 54.0 Å². The van der Waals surface area contributed by atoms with Crippen molar-refractivity contribution in [2.75, 3.05) is 20.1 Å². The summed E-state index contributed by atoms with van der Waals surface area (Å²) < 4.78 is 0. The molecule has 6 heteroatoms. The van der Waals surface area contributed by atoms with E-state index in [-0.39, 0.29) is 36.8 Å². The minimum Gasteiger partial charge on any atom is -0.342 e. The molecule has 4 nitrogen and oxygen atoms in total. The Balaban J connectivity index is 0.00000132. The Labute approximate surface area is 153 Å². The van der Waals surface area contributed by atoms with Crippen molar-refractivity contribution < 1.29 is 4.79 Å². The van der Waals surface area contributed by atoms with Gasteiger partial charge in [-0.2, -0.15) is 0 Å². The van der Waals surface area contributed by atoms with Crippen LogP contribution >= 0.6 is 24.8 Å². The van der Waals surface area contributed by atoms with Crippen LogP contribution in [0.3, 0.4) is 0 Å². The highest BCUT2D eigenvalue weighted by atomic mass is 35.5. The number of carbonyl (C=O) groups excluding carboxylic acids is 1. The van der Waals surface area contributed by atoms with E-state index >= 15 is 0 Å². The molecule has 3 rings (SSSR count). The molecule has 1 amide bonds. The summed E-state index contributed by atoms with van der Waals surface area (Å²) >= 11 is 0. The first kappa shape index (κ1) is 21.0. The Morgan fingerprint density at radius 1 is 1.09 bits per heavy atom. The largest absolute Gasteiger partial charge is 0.342 e. The molecule has 2 saturated carbocycles. The molecular formula is C17H33Cl2N3O. The van der Waals surface area contributed by atoms with Crippen LogP contribution < -0.4 is 5.73 Å². The van der Waals surface area contributed by atoms with Crippen molar-refractivity contribution in [1.82, 2.24) is 9.80 Å². The number of rotatable bonds is 3. The van der Waals surface area contributed by atoms with Crippen LogP contribution in [-0.2, 0) is 4.79 Å². The lowest BCUT2D eigenvalue weighted by Crippen LogP contribution is -2.52. The van der Waals surface area contributed by atoms with Crippen molar-refractivity contribution in [3.8, 4) is 0 Å². The molecule has 0 radical (unpaired) electrons. The first-order valence-electron chi connectivity index (χ1n) is 8.75. The highest BCUT2D eigenvalue weighted by molar-refractivity contribution is 5.85. The van der Waals surface area contributed by atoms with E-state index < -0.39 is 0 Å². The molecule has 1 saturated heterocycles. The minimum absolute atomic E-state index is 0. The van der Waals surface area contributed by atoms with Gasteiger partial charge in [0, 0.05) is 38.3 Å². The second-order valence-corrected chi connectivity index (χ2v) is 7.75. The van der Waals surface area contributed by atoms with Crippen LogP contribution in [0.1, 0.15) is 46.0 Å². The lowest BCUT2D eigenvalue weighted by molar-refractivity contribution is -0.139. The molecule has 136 valence electrons. The molecule has 0 spiro atoms. The van der Waals surface area contributed by atoms with Crippen molar-refractivity contribution in [2.24, 2.45) is 23.5 Å². The quantitative estimate of drug-likeness (QED) is 0.835. The van der Waals surface area contributed by atoms with E-state index in [9.17, 15) is 4.79 Å². The van der Waals surface area contributed by atoms with Crippen LogP contribution in [0, 0.1) is 17.8 Å². The zero-order chi connectivity index (χ0) is 15.1. The van der Waals surface area contributed by atoms with Gasteiger partial charge >= 0.3 is 0 Å². The fourth-order valence-corrected chi connectivity index (χ4v) is 4.91. The van der Waals surface area contributed by atoms with E-state index in [0.29, 0.717) is 29.8 Å². The van der Waals surface area contributed by atoms with Gasteiger partial charge < -0.3 is 15.5 Å². The standard InChI is InChI=1S/C17H31N3O.2ClH/c1-11(2)20-8-6-14(7-9-20)19(3)17(21)15-12-4-5-13(10-12)16(15)18;;/h11-16H,4-10,18H2,1-3H3;2*1H. The van der Waals surface area contributed by atoms with Gasteiger partial charge in [0.1, 0.15) is 0 Å². The summed E-state index contributed by atoms with van der Waals surface area (Å²) in [6, 6.07) is 1.15. The summed E-state index contributed by atoms with van der Waals surface area (Å²) in [6.45, 7) is 6.73. The third kappa shape index (κ3) is 3.97. The van der Waals surface area contributed by atoms with E-state index in [0.717, 1.165) is 25.9 Å². The first-order valence-corrected chi connectivity index (χ1v) is 8.75. The Morgan fingerprint density at radius 2 is 1.65 bits per heavy atom. The molecule has 4 unspecified atom stereocenters. The van der Waals surface area contributed by atoms with Gasteiger partial charge in [-0.1, -0.05) is 0 Å². The molecule has 2 aliphatic carbocycles. The molecule has 23 heavy (non-hydrogen) atoms. The van der Waals surface area contributed by atoms with Gasteiger partial charge in [-0.05, 0) is 57.8 Å². The number of nitrogens with zero attached hydrogens (tertiary/aromatic N) is 2. The molecule has 3 aliphatic rings. The lowest BCUT2D eigenvalue weighted by atomic mass is 9.83. The van der Waals surface area contributed by atoms with Gasteiger partial charge in [0.05, 0.1) is 5.92 Å². The van der Waals surface area contributed by atoms with Crippen LogP contribution in [0.2, 0.25) is 0 Å². The van der Waals surface area contributed by atoms with Crippen LogP contribution in [0.5, 0.6) is 0 Å². The molecule has 2 N–H and O–H groups in total. The number of nitrogens with two attached hydrogens (primary N) is 1. The number of halogens is 2. The predicted octanol–water partition coefficient (Wildman–Crippen LogP) is 2.53. The van der Waals surface area contributed by atoms with Crippen molar-refractivity contribution in [1.29, 1.82) is 0 Å². The molecule has 4 atom stereocenters. The molecule has 3 fully saturated rings. The van der Waals surface area contributed by atoms with Gasteiger partial charge in [-0.15, -0.1) is 24.8 Å². The number of fused-ring (bicyclic) bond motifs is 2. The monoisotopic (exact) mass is 365 g/mol. The Kier molecular flexibility index (Phi) is 7.65. The minimum atomic E-state index is 0. The normalized spacial score (nSPS) is 34.1. The van der Waals surface area contributed by atoms with Crippen molar-refractivity contribution in [3.63, 3.8) is 0 Å². The smallest absolute Gasteiger partial charge is 0.227 e. The summed E-state index contributed by atoms with van der Waals surface area (Å²) in [7, 11) is 2.01. The van der Waals surface area contributed by atoms with Crippen LogP contribution in [0.4, 0.5) is 0 Å². The van der Waals surface area contributed by atoms with Gasteiger partial charge in [0.15, 0.2) is 0 Å². The maximum absolute atomic E-state index is 12.9. The van der Waals surface area contributed by atoms with E-state index in [1.165, 1.54) is 19.3 Å². The van der Waals surface area contributed by atoms with E-state index in [2.05, 4.69) is 18.7 Å². The van der Waals surface area contributed by atoms with Crippen LogP contribution in [0.25, 0.3) is 0 Å². The summed E-state index contributed by atoms with van der Waals surface area (Å²) in [5, 5.41) is 0. The highest BCUT2D eigenvalue weighted by Gasteiger charge is 2.50. The Morgan fingerprint density at radius 3 is 2.13 bits per heavy atom. The number of piperidine rings is 1. The average molecular weight is 366 g/mol. The zero-order valence-electron chi connectivity index (χ0n) is 14.6. The topological polar surface area (TPSA) is 49.6 Å². The molecule has 0 aromatic rings. The van der Waals surface area contributed by atoms with E-state index in [1.807, 2.05) is 11.9 Å². The summed E-state index contributed by atoms with van der Waals surface area (Å²) in [6.07, 6.45) is 5.87. The zero-order valence-corrected chi connectivity index (χ0v) is 16.2. The van der Waals surface area contributed by atoms with Crippen molar-refractivity contribution in [3.05, 3.63) is 0 Å². The van der Waals surface area contributed by atoms with Gasteiger partial charge in [-0.3, -0.25) is 4.79 Å². The molecule has 0 aromatic carbocycles. The second kappa shape index (κ2) is 8.37. The Hall–Kier alpha value is -0.0300. The van der Waals surface area contributed by atoms with Crippen molar-refractivity contribution >= 4 is 30.7 Å². The molecular weight excluding hydrogens is 333 g/mol. The maximum atomic E-state index is 12.9. The summed E-state index contributed by atoms with van der Waals surface area (Å²) in [4.78, 5) is 17.4. The number of hydrogen-bond acceptors (Lipinski definition) is 3. The SMILES string of the molecule is CC(C)N1CCC(N(C)C(=O)C2C3CCC(C3)C2N)CC1.Cl.Cl. The third-order valence-corrected chi connectivity index (χ3v) is 6.39. The number of hydrogen-bond donors (Lipinski definition) is 1. The number of carbonyl (C=O) groups is 1. The molecule has 2 bridgehead atoms. The molecule has 0 aromatic heterocycles. The summed E-state index contributed by atoms with van der Waals surface area (Å²) in [5.74, 6) is 1.62. The second-order valence-electron chi connectivity index (χ2n) is 7.75. The predicted molar refractivity (Wildman–Crippen MR) is 99.3 cm³/mol. The average Bonchev–Trinajstić information content (AvgIpc) is 3.07.